The molecule has 0 aliphatic heterocycles. The first kappa shape index (κ1) is 19.3. The molecule has 0 saturated carbocycles. The number of halogens is 5. The summed E-state index contributed by atoms with van der Waals surface area (Å²) in [7, 11) is 0.0328. The van der Waals surface area contributed by atoms with Crippen molar-refractivity contribution in [2.45, 2.75) is 13.0 Å². The maximum Gasteiger partial charge on any atom is 0.357 e. The van der Waals surface area contributed by atoms with E-state index >= 15 is 0 Å². The Morgan fingerprint density at radius 2 is 1.39 bits per heavy atom. The molecular weight excluding hydrogens is 343 g/mol. The highest BCUT2D eigenvalue weighted by molar-refractivity contribution is 6.67. The van der Waals surface area contributed by atoms with E-state index in [4.69, 9.17) is 8.85 Å². The van der Waals surface area contributed by atoms with Crippen molar-refractivity contribution in [3.63, 3.8) is 0 Å². The summed E-state index contributed by atoms with van der Waals surface area (Å²) in [6.45, 7) is 1.75. The fourth-order valence-corrected chi connectivity index (χ4v) is 3.44. The molecule has 0 aromatic heterocycles. The molecule has 0 saturated heterocycles. The minimum atomic E-state index is -2.72. The number of urea groups is 1. The van der Waals surface area contributed by atoms with Crippen molar-refractivity contribution in [2.75, 3.05) is 25.7 Å². The van der Waals surface area contributed by atoms with Gasteiger partial charge in [0.1, 0.15) is 5.69 Å². The van der Waals surface area contributed by atoms with Crippen LogP contribution in [0.3, 0.4) is 0 Å². The van der Waals surface area contributed by atoms with Crippen LogP contribution >= 0.6 is 0 Å². The zero-order valence-corrected chi connectivity index (χ0v) is 13.5. The maximum atomic E-state index is 13.4. The van der Waals surface area contributed by atoms with E-state index in [9.17, 15) is 26.7 Å². The van der Waals surface area contributed by atoms with E-state index in [0.717, 1.165) is 0 Å². The molecule has 130 valence electrons. The third-order valence-electron chi connectivity index (χ3n) is 3.25. The van der Waals surface area contributed by atoms with Crippen molar-refractivity contribution < 1.29 is 35.6 Å². The summed E-state index contributed by atoms with van der Waals surface area (Å²) in [5, 5.41) is 3.82. The van der Waals surface area contributed by atoms with Crippen molar-refractivity contribution >= 4 is 20.3 Å². The zero-order chi connectivity index (χ0) is 17.8. The number of amides is 2. The first-order valence-electron chi connectivity index (χ1n) is 6.39. The van der Waals surface area contributed by atoms with Crippen molar-refractivity contribution in [2.24, 2.45) is 0 Å². The van der Waals surface area contributed by atoms with Gasteiger partial charge in [-0.2, -0.15) is 0 Å². The van der Waals surface area contributed by atoms with Crippen LogP contribution in [0.1, 0.15) is 6.92 Å². The van der Waals surface area contributed by atoms with E-state index in [1.54, 1.807) is 12.2 Å². The van der Waals surface area contributed by atoms with Gasteiger partial charge in [0.05, 0.1) is 6.17 Å². The van der Waals surface area contributed by atoms with Crippen LogP contribution in [0.25, 0.3) is 0 Å². The molecule has 5 nitrogen and oxygen atoms in total. The van der Waals surface area contributed by atoms with Gasteiger partial charge in [-0.05, 0) is 6.04 Å². The first-order valence-corrected chi connectivity index (χ1v) is 8.62. The van der Waals surface area contributed by atoms with Crippen LogP contribution in [0.5, 0.6) is 0 Å². The lowest BCUT2D eigenvalue weighted by Gasteiger charge is -2.26. The highest BCUT2D eigenvalue weighted by Crippen LogP contribution is 2.27. The average Bonchev–Trinajstić information content (AvgIpc) is 2.57. The Kier molecular flexibility index (Phi) is 6.47. The van der Waals surface area contributed by atoms with E-state index in [1.165, 1.54) is 14.2 Å². The molecule has 23 heavy (non-hydrogen) atoms. The molecule has 0 unspecified atom stereocenters. The van der Waals surface area contributed by atoms with Gasteiger partial charge < -0.3 is 19.5 Å². The molecule has 0 spiro atoms. The summed E-state index contributed by atoms with van der Waals surface area (Å²) in [5.74, 6) is -10.9. The molecule has 1 rings (SSSR count). The van der Waals surface area contributed by atoms with Crippen LogP contribution < -0.4 is 10.6 Å². The van der Waals surface area contributed by atoms with E-state index in [1.807, 2.05) is 0 Å². The second-order valence-corrected chi connectivity index (χ2v) is 8.12. The summed E-state index contributed by atoms with van der Waals surface area (Å²) in [6.07, 6.45) is -0.0856. The normalized spacial score (nSPS) is 11.5. The number of carbonyl (C=O) groups is 1. The molecule has 2 amide bonds. The quantitative estimate of drug-likeness (QED) is 0.356. The molecule has 0 atom stereocenters. The Hall–Kier alpha value is -1.72. The largest absolute Gasteiger partial charge is 0.397 e. The number of rotatable bonds is 6. The SMILES string of the molecule is CC[Si](CNC(=O)Nc1c(F)c(F)c(F)c(F)c1F)(OC)OC. The van der Waals surface area contributed by atoms with Gasteiger partial charge >= 0.3 is 14.6 Å². The second kappa shape index (κ2) is 7.70. The Labute approximate surface area is 130 Å². The number of benzene rings is 1. The van der Waals surface area contributed by atoms with Gasteiger partial charge in [0, 0.05) is 14.2 Å². The maximum absolute atomic E-state index is 13.4. The lowest BCUT2D eigenvalue weighted by molar-refractivity contribution is 0.233. The fraction of sp³-hybridized carbons (Fsp3) is 0.417. The van der Waals surface area contributed by atoms with Crippen LogP contribution in [-0.2, 0) is 8.85 Å². The molecular formula is C12H15F5N2O3Si. The van der Waals surface area contributed by atoms with E-state index in [2.05, 4.69) is 5.32 Å². The van der Waals surface area contributed by atoms with Crippen molar-refractivity contribution in [1.82, 2.24) is 5.32 Å². The first-order chi connectivity index (χ1) is 10.7. The predicted molar refractivity (Wildman–Crippen MR) is 73.5 cm³/mol. The molecule has 0 heterocycles. The average molecular weight is 358 g/mol. The smallest absolute Gasteiger partial charge is 0.357 e. The Morgan fingerprint density at radius 1 is 0.957 bits per heavy atom. The van der Waals surface area contributed by atoms with Gasteiger partial charge in [-0.3, -0.25) is 0 Å². The van der Waals surface area contributed by atoms with Gasteiger partial charge in [-0.15, -0.1) is 0 Å². The summed E-state index contributed by atoms with van der Waals surface area (Å²) in [6, 6.07) is -0.698. The van der Waals surface area contributed by atoms with Crippen LogP contribution in [0.4, 0.5) is 32.4 Å². The summed E-state index contributed by atoms with van der Waals surface area (Å²) < 4.78 is 76.2. The van der Waals surface area contributed by atoms with Crippen molar-refractivity contribution in [3.05, 3.63) is 29.1 Å². The van der Waals surface area contributed by atoms with E-state index in [0.29, 0.717) is 6.04 Å². The van der Waals surface area contributed by atoms with E-state index in [-0.39, 0.29) is 6.17 Å². The number of nitrogens with one attached hydrogen (secondary N) is 2. The lowest BCUT2D eigenvalue weighted by Crippen LogP contribution is -2.51. The highest BCUT2D eigenvalue weighted by atomic mass is 28.4. The van der Waals surface area contributed by atoms with Crippen LogP contribution in [0.2, 0.25) is 6.04 Å². The Balaban J connectivity index is 2.91. The molecule has 1 aromatic carbocycles. The predicted octanol–water partition coefficient (Wildman–Crippen LogP) is 2.80. The van der Waals surface area contributed by atoms with Crippen LogP contribution in [-0.4, -0.2) is 35.0 Å². The standard InChI is InChI=1S/C12H15F5N2O3Si/c1-4-23(21-2,22-3)5-18-12(20)19-11-9(16)7(14)6(13)8(15)10(11)17/h4-5H2,1-3H3,(H2,18,19,20). The van der Waals surface area contributed by atoms with Crippen molar-refractivity contribution in [3.8, 4) is 0 Å². The van der Waals surface area contributed by atoms with Gasteiger partial charge in [-0.25, -0.2) is 26.7 Å². The number of hydrogen-bond acceptors (Lipinski definition) is 3. The van der Waals surface area contributed by atoms with Gasteiger partial charge in [0.25, 0.3) is 0 Å². The summed E-state index contributed by atoms with van der Waals surface area (Å²) in [5.41, 5.74) is -1.43. The molecule has 0 fully saturated rings. The minimum Gasteiger partial charge on any atom is -0.397 e. The molecule has 11 heteroatoms. The van der Waals surface area contributed by atoms with Crippen LogP contribution in [0, 0.1) is 29.1 Å². The van der Waals surface area contributed by atoms with Gasteiger partial charge in [-0.1, -0.05) is 6.92 Å². The Morgan fingerprint density at radius 3 is 1.78 bits per heavy atom. The molecule has 0 aliphatic rings. The molecule has 0 aliphatic carbocycles. The molecule has 0 radical (unpaired) electrons. The summed E-state index contributed by atoms with van der Waals surface area (Å²) in [4.78, 5) is 11.6. The molecule has 2 N–H and O–H groups in total. The highest BCUT2D eigenvalue weighted by Gasteiger charge is 2.34. The van der Waals surface area contributed by atoms with Crippen LogP contribution in [0.15, 0.2) is 0 Å². The number of anilines is 1. The number of hydrogen-bond donors (Lipinski definition) is 2. The van der Waals surface area contributed by atoms with Crippen molar-refractivity contribution in [1.29, 1.82) is 0 Å². The van der Waals surface area contributed by atoms with Gasteiger partial charge in [0.15, 0.2) is 23.3 Å². The second-order valence-electron chi connectivity index (χ2n) is 4.43. The molecule has 0 bridgehead atoms. The topological polar surface area (TPSA) is 59.6 Å². The van der Waals surface area contributed by atoms with Gasteiger partial charge in [0.2, 0.25) is 5.82 Å². The van der Waals surface area contributed by atoms with E-state index < -0.39 is 49.4 Å². The number of carbonyl (C=O) groups excluding carboxylic acids is 1. The minimum absolute atomic E-state index is 0.0856. The fourth-order valence-electron chi connectivity index (χ4n) is 1.73. The third kappa shape index (κ3) is 3.98. The monoisotopic (exact) mass is 358 g/mol. The summed E-state index contributed by atoms with van der Waals surface area (Å²) >= 11 is 0. The molecule has 1 aromatic rings. The third-order valence-corrected chi connectivity index (χ3v) is 6.53. The zero-order valence-electron chi connectivity index (χ0n) is 12.5. The lowest BCUT2D eigenvalue weighted by atomic mass is 10.2. The Bertz CT molecular complexity index is 561.